The summed E-state index contributed by atoms with van der Waals surface area (Å²) in [5.74, 6) is 0.227. The van der Waals surface area contributed by atoms with Gasteiger partial charge in [-0.3, -0.25) is 9.69 Å². The molecule has 4 aromatic rings. The van der Waals surface area contributed by atoms with E-state index in [9.17, 15) is 31.1 Å². The summed E-state index contributed by atoms with van der Waals surface area (Å²) in [6.45, 7) is 9.90. The summed E-state index contributed by atoms with van der Waals surface area (Å²) in [6.07, 6.45) is -3.96. The van der Waals surface area contributed by atoms with Gasteiger partial charge in [0, 0.05) is 87.8 Å². The number of nitrogens with two attached hydrogens (primary N) is 2. The zero-order valence-electron chi connectivity index (χ0n) is 36.7. The highest BCUT2D eigenvalue weighted by atomic mass is 19.4. The molecule has 0 aromatic carbocycles. The third-order valence-electron chi connectivity index (χ3n) is 13.0. The molecule has 8 heterocycles. The maximum absolute atomic E-state index is 13.9. The number of rotatable bonds is 9. The maximum atomic E-state index is 13.9. The molecule has 2 aliphatic carbocycles. The quantitative estimate of drug-likeness (QED) is 0.226. The molecular formula is C44H52F6N12O5. The third-order valence-corrected chi connectivity index (χ3v) is 13.0. The summed E-state index contributed by atoms with van der Waals surface area (Å²) in [5, 5.41) is 0. The molecule has 4 aliphatic heterocycles. The van der Waals surface area contributed by atoms with E-state index >= 15 is 0 Å². The number of alkyl halides is 6. The summed E-state index contributed by atoms with van der Waals surface area (Å²) >= 11 is 0. The molecule has 23 heteroatoms. The highest BCUT2D eigenvalue weighted by Gasteiger charge is 2.55. The fourth-order valence-electron chi connectivity index (χ4n) is 8.90. The Balaban J connectivity index is 0.000000168. The van der Waals surface area contributed by atoms with Crippen LogP contribution in [0.5, 0.6) is 0 Å². The molecule has 67 heavy (non-hydrogen) atoms. The van der Waals surface area contributed by atoms with E-state index in [4.69, 9.17) is 40.4 Å². The van der Waals surface area contributed by atoms with Crippen LogP contribution in [0.3, 0.4) is 0 Å². The van der Waals surface area contributed by atoms with Crippen LogP contribution in [0, 0.1) is 0 Å². The predicted molar refractivity (Wildman–Crippen MR) is 232 cm³/mol. The van der Waals surface area contributed by atoms with E-state index < -0.39 is 28.9 Å². The van der Waals surface area contributed by atoms with Crippen LogP contribution in [0.15, 0.2) is 36.7 Å². The zero-order chi connectivity index (χ0) is 47.0. The summed E-state index contributed by atoms with van der Waals surface area (Å²) in [6, 6.07) is 4.88. The summed E-state index contributed by atoms with van der Waals surface area (Å²) < 4.78 is 105. The Morgan fingerprint density at radius 3 is 1.42 bits per heavy atom. The van der Waals surface area contributed by atoms with Crippen LogP contribution < -0.4 is 21.3 Å². The highest BCUT2D eigenvalue weighted by molar-refractivity contribution is 5.91. The molecule has 4 aromatic heterocycles. The Morgan fingerprint density at radius 2 is 0.985 bits per heavy atom. The van der Waals surface area contributed by atoms with Gasteiger partial charge in [-0.25, -0.2) is 29.9 Å². The second-order valence-corrected chi connectivity index (χ2v) is 17.5. The number of morpholine rings is 4. The second-order valence-electron chi connectivity index (χ2n) is 17.5. The van der Waals surface area contributed by atoms with Gasteiger partial charge in [0.1, 0.15) is 11.6 Å². The van der Waals surface area contributed by atoms with Gasteiger partial charge in [0.2, 0.25) is 17.8 Å². The Kier molecular flexibility index (Phi) is 13.1. The molecule has 0 atom stereocenters. The molecular weight excluding hydrogens is 891 g/mol. The second kappa shape index (κ2) is 18.9. The normalized spacial score (nSPS) is 20.8. The van der Waals surface area contributed by atoms with Gasteiger partial charge in [-0.2, -0.15) is 26.3 Å². The summed E-state index contributed by atoms with van der Waals surface area (Å²) in [4.78, 5) is 47.8. The molecule has 10 rings (SSSR count). The van der Waals surface area contributed by atoms with Crippen molar-refractivity contribution in [3.05, 3.63) is 59.2 Å². The molecule has 4 N–H and O–H groups in total. The number of pyridine rings is 2. The first-order chi connectivity index (χ1) is 32.1. The van der Waals surface area contributed by atoms with Crippen molar-refractivity contribution in [3.8, 4) is 22.5 Å². The Morgan fingerprint density at radius 1 is 0.567 bits per heavy atom. The lowest BCUT2D eigenvalue weighted by Crippen LogP contribution is -2.46. The van der Waals surface area contributed by atoms with Crippen LogP contribution >= 0.6 is 0 Å². The number of ether oxygens (including phenoxy) is 4. The number of nitrogens with zero attached hydrogens (tertiary/aromatic N) is 10. The molecule has 0 spiro atoms. The van der Waals surface area contributed by atoms with Crippen LogP contribution in [0.4, 0.5) is 49.9 Å². The number of halogens is 6. The number of nitrogen functional groups attached to an aromatic ring is 2. The van der Waals surface area contributed by atoms with E-state index in [1.54, 1.807) is 11.0 Å². The van der Waals surface area contributed by atoms with Gasteiger partial charge in [-0.15, -0.1) is 0 Å². The number of hydrogen-bond donors (Lipinski definition) is 2. The Bertz CT molecular complexity index is 2410. The van der Waals surface area contributed by atoms with Crippen molar-refractivity contribution in [1.82, 2.24) is 39.7 Å². The summed E-state index contributed by atoms with van der Waals surface area (Å²) in [7, 11) is 0. The van der Waals surface area contributed by atoms with Crippen molar-refractivity contribution in [3.63, 3.8) is 0 Å². The molecule has 17 nitrogen and oxygen atoms in total. The van der Waals surface area contributed by atoms with Crippen molar-refractivity contribution in [2.24, 2.45) is 0 Å². The van der Waals surface area contributed by atoms with Crippen molar-refractivity contribution < 1.29 is 50.1 Å². The van der Waals surface area contributed by atoms with Crippen molar-refractivity contribution >= 4 is 29.4 Å². The molecule has 1 amide bonds. The van der Waals surface area contributed by atoms with Crippen LogP contribution in [-0.2, 0) is 46.9 Å². The lowest BCUT2D eigenvalue weighted by atomic mass is 9.97. The Hall–Kier alpha value is -5.49. The van der Waals surface area contributed by atoms with Crippen molar-refractivity contribution in [2.45, 2.75) is 48.9 Å². The number of carbonyl (C=O) groups is 1. The monoisotopic (exact) mass is 942 g/mol. The van der Waals surface area contributed by atoms with E-state index in [2.05, 4.69) is 24.8 Å². The van der Waals surface area contributed by atoms with Gasteiger partial charge in [-0.05, 0) is 49.9 Å². The molecule has 360 valence electrons. The van der Waals surface area contributed by atoms with Gasteiger partial charge in [0.15, 0.2) is 0 Å². The average Bonchev–Trinajstić information content (AvgIpc) is 4.29. The first-order valence-electron chi connectivity index (χ1n) is 22.4. The minimum Gasteiger partial charge on any atom is -0.384 e. The molecule has 0 bridgehead atoms. The third kappa shape index (κ3) is 10.3. The zero-order valence-corrected chi connectivity index (χ0v) is 36.7. The predicted octanol–water partition coefficient (Wildman–Crippen LogP) is 4.21. The first kappa shape index (κ1) is 46.6. The lowest BCUT2D eigenvalue weighted by Gasteiger charge is -2.31. The average molecular weight is 943 g/mol. The number of carbonyl (C=O) groups excluding carboxylic acids is 1. The van der Waals surface area contributed by atoms with Gasteiger partial charge in [-0.1, -0.05) is 0 Å². The van der Waals surface area contributed by atoms with Crippen molar-refractivity contribution in [2.75, 3.05) is 133 Å². The number of aromatic nitrogens is 6. The van der Waals surface area contributed by atoms with Crippen LogP contribution in [0.1, 0.15) is 48.2 Å². The fraction of sp³-hybridized carbons (Fsp3) is 0.568. The molecule has 2 saturated carbocycles. The van der Waals surface area contributed by atoms with E-state index in [0.717, 1.165) is 62.7 Å². The molecule has 4 saturated heterocycles. The standard InChI is InChI=1S/C22H25F3N6O3.C22H27F3N6O2/c23-22(24,25)15-11-18(26)27-13-14(15)16-12-17(29-20(28-16)31-5-9-34-10-6-31)21(1-2-21)19(32)30-3-7-33-8-4-30;23-22(24,25)16-11-19(26)27-13-15(16)17-12-18(29-20(28-17)31-5-9-33-10-6-31)21(1-2-21)14-30-3-7-32-8-4-30/h11-13H,1-10H2,(H2,26,27);11-13H,1-10,14H2,(H2,26,27). The molecule has 0 unspecified atom stereocenters. The smallest absolute Gasteiger partial charge is 0.384 e. The number of anilines is 4. The van der Waals surface area contributed by atoms with Gasteiger partial charge in [0.25, 0.3) is 0 Å². The van der Waals surface area contributed by atoms with Crippen LogP contribution in [0.25, 0.3) is 22.5 Å². The van der Waals surface area contributed by atoms with E-state index in [1.165, 1.54) is 6.07 Å². The topological polar surface area (TPSA) is 196 Å². The molecule has 6 aliphatic rings. The maximum Gasteiger partial charge on any atom is 0.417 e. The molecule has 6 fully saturated rings. The number of hydrogen-bond acceptors (Lipinski definition) is 16. The fourth-order valence-corrected chi connectivity index (χ4v) is 8.90. The van der Waals surface area contributed by atoms with Gasteiger partial charge >= 0.3 is 12.4 Å². The highest BCUT2D eigenvalue weighted by Crippen LogP contribution is 2.51. The SMILES string of the molecule is Nc1cc(C(F)(F)F)c(-c2cc(C3(C(=O)N4CCOCC4)CC3)nc(N3CCOCC3)n2)cn1.Nc1cc(C(F)(F)F)c(-c2cc(C3(CN4CCOCC4)CC3)nc(N3CCOCC3)n2)cn1. The minimum atomic E-state index is -4.66. The van der Waals surface area contributed by atoms with E-state index in [1.807, 2.05) is 9.80 Å². The van der Waals surface area contributed by atoms with Crippen molar-refractivity contribution in [1.29, 1.82) is 0 Å². The van der Waals surface area contributed by atoms with E-state index in [-0.39, 0.29) is 51.4 Å². The van der Waals surface area contributed by atoms with Gasteiger partial charge in [0.05, 0.1) is 92.2 Å². The van der Waals surface area contributed by atoms with E-state index in [0.29, 0.717) is 117 Å². The summed E-state index contributed by atoms with van der Waals surface area (Å²) in [5.41, 5.74) is 9.52. The largest absolute Gasteiger partial charge is 0.417 e. The lowest BCUT2D eigenvalue weighted by molar-refractivity contribution is -0.138. The Labute approximate surface area is 382 Å². The molecule has 0 radical (unpaired) electrons. The first-order valence-corrected chi connectivity index (χ1v) is 22.4. The van der Waals surface area contributed by atoms with Crippen LogP contribution in [-0.4, -0.2) is 157 Å². The van der Waals surface area contributed by atoms with Crippen LogP contribution in [0.2, 0.25) is 0 Å². The minimum absolute atomic E-state index is 0.0624. The van der Waals surface area contributed by atoms with Gasteiger partial charge < -0.3 is 45.1 Å². The number of amides is 1.